The van der Waals surface area contributed by atoms with Gasteiger partial charge in [-0.3, -0.25) is 14.6 Å². The summed E-state index contributed by atoms with van der Waals surface area (Å²) in [7, 11) is 0. The first-order valence-corrected chi connectivity index (χ1v) is 11.6. The van der Waals surface area contributed by atoms with Crippen molar-refractivity contribution in [3.8, 4) is 6.07 Å². The van der Waals surface area contributed by atoms with Gasteiger partial charge in [-0.15, -0.1) is 0 Å². The highest BCUT2D eigenvalue weighted by Gasteiger charge is 2.28. The standard InChI is InChI=1S/C26H28N6O3/c1-26(17-27,15-19-9-3-2-4-10-19)18-29-25(34)23-21(30-24(33)20-11-5-7-13-28-20)16-32(31-23)22-12-6-8-14-35-22/h2-5,7,9-11,13,16,22H,6,8,12,14-15,18H2,1H3,(H,29,34)(H,30,33). The number of nitriles is 1. The van der Waals surface area contributed by atoms with Crippen molar-refractivity contribution in [3.05, 3.63) is 77.9 Å². The van der Waals surface area contributed by atoms with Gasteiger partial charge in [0.05, 0.1) is 23.4 Å². The third-order valence-corrected chi connectivity index (χ3v) is 5.89. The minimum atomic E-state index is -0.816. The third kappa shape index (κ3) is 6.11. The summed E-state index contributed by atoms with van der Waals surface area (Å²) >= 11 is 0. The molecule has 2 atom stereocenters. The van der Waals surface area contributed by atoms with Gasteiger partial charge in [-0.05, 0) is 50.3 Å². The average Bonchev–Trinajstić information content (AvgIpc) is 3.33. The molecule has 1 aliphatic rings. The predicted octanol–water partition coefficient (Wildman–Crippen LogP) is 3.73. The minimum absolute atomic E-state index is 0.0588. The van der Waals surface area contributed by atoms with Crippen LogP contribution in [0.15, 0.2) is 60.9 Å². The topological polar surface area (TPSA) is 122 Å². The van der Waals surface area contributed by atoms with Crippen LogP contribution in [0.2, 0.25) is 0 Å². The van der Waals surface area contributed by atoms with Crippen LogP contribution < -0.4 is 10.6 Å². The third-order valence-electron chi connectivity index (χ3n) is 5.89. The molecule has 2 unspecified atom stereocenters. The molecule has 3 heterocycles. The van der Waals surface area contributed by atoms with Gasteiger partial charge in [-0.25, -0.2) is 4.68 Å². The van der Waals surface area contributed by atoms with E-state index in [1.807, 2.05) is 30.3 Å². The van der Waals surface area contributed by atoms with Gasteiger partial charge in [0.15, 0.2) is 5.69 Å². The fraction of sp³-hybridized carbons (Fsp3) is 0.346. The molecule has 0 saturated carbocycles. The first-order chi connectivity index (χ1) is 17.0. The lowest BCUT2D eigenvalue weighted by Gasteiger charge is -2.22. The summed E-state index contributed by atoms with van der Waals surface area (Å²) in [6, 6.07) is 17.0. The van der Waals surface area contributed by atoms with Gasteiger partial charge in [0.2, 0.25) is 0 Å². The number of rotatable bonds is 8. The largest absolute Gasteiger partial charge is 0.357 e. The first-order valence-electron chi connectivity index (χ1n) is 11.6. The zero-order chi connectivity index (χ0) is 24.7. The maximum absolute atomic E-state index is 13.2. The molecule has 180 valence electrons. The number of hydrogen-bond acceptors (Lipinski definition) is 6. The molecular formula is C26H28N6O3. The van der Waals surface area contributed by atoms with Crippen molar-refractivity contribution >= 4 is 17.5 Å². The molecule has 9 heteroatoms. The highest BCUT2D eigenvalue weighted by atomic mass is 16.5. The van der Waals surface area contributed by atoms with Crippen molar-refractivity contribution in [1.29, 1.82) is 5.26 Å². The van der Waals surface area contributed by atoms with Crippen LogP contribution in [0.5, 0.6) is 0 Å². The van der Waals surface area contributed by atoms with Gasteiger partial charge in [-0.1, -0.05) is 36.4 Å². The molecular weight excluding hydrogens is 444 g/mol. The van der Waals surface area contributed by atoms with Crippen molar-refractivity contribution in [2.75, 3.05) is 18.5 Å². The smallest absolute Gasteiger partial charge is 0.274 e. The molecule has 0 radical (unpaired) electrons. The molecule has 35 heavy (non-hydrogen) atoms. The number of carbonyl (C=O) groups is 2. The molecule has 2 N–H and O–H groups in total. The highest BCUT2D eigenvalue weighted by Crippen LogP contribution is 2.26. The lowest BCUT2D eigenvalue weighted by atomic mass is 9.85. The Balaban J connectivity index is 1.53. The van der Waals surface area contributed by atoms with Crippen LogP contribution in [0, 0.1) is 16.7 Å². The van der Waals surface area contributed by atoms with Crippen molar-refractivity contribution in [2.45, 2.75) is 38.8 Å². The number of carbonyl (C=O) groups excluding carboxylic acids is 2. The van der Waals surface area contributed by atoms with E-state index in [0.29, 0.717) is 13.0 Å². The number of ether oxygens (including phenoxy) is 1. The SMILES string of the molecule is CC(C#N)(CNC(=O)c1nn(C2CCCCO2)cc1NC(=O)c1ccccn1)Cc1ccccc1. The van der Waals surface area contributed by atoms with E-state index in [1.54, 1.807) is 36.0 Å². The second-order valence-corrected chi connectivity index (χ2v) is 8.88. The van der Waals surface area contributed by atoms with Gasteiger partial charge in [0, 0.05) is 19.3 Å². The molecule has 1 saturated heterocycles. The van der Waals surface area contributed by atoms with Gasteiger partial charge in [0.1, 0.15) is 11.9 Å². The van der Waals surface area contributed by atoms with E-state index in [4.69, 9.17) is 4.74 Å². The van der Waals surface area contributed by atoms with E-state index in [2.05, 4.69) is 26.8 Å². The van der Waals surface area contributed by atoms with Crippen LogP contribution in [0.3, 0.4) is 0 Å². The zero-order valence-corrected chi connectivity index (χ0v) is 19.6. The van der Waals surface area contributed by atoms with Gasteiger partial charge < -0.3 is 15.4 Å². The summed E-state index contributed by atoms with van der Waals surface area (Å²) in [5.74, 6) is -0.930. The Morgan fingerprint density at radius 2 is 1.97 bits per heavy atom. The number of nitrogens with one attached hydrogen (secondary N) is 2. The molecule has 4 rings (SSSR count). The van der Waals surface area contributed by atoms with Crippen LogP contribution in [0.1, 0.15) is 59.0 Å². The first kappa shape index (κ1) is 24.1. The Labute approximate surface area is 204 Å². The monoisotopic (exact) mass is 472 g/mol. The molecule has 0 bridgehead atoms. The lowest BCUT2D eigenvalue weighted by Crippen LogP contribution is -2.37. The van der Waals surface area contributed by atoms with Crippen molar-refractivity contribution in [3.63, 3.8) is 0 Å². The Morgan fingerprint density at radius 1 is 1.17 bits per heavy atom. The molecule has 0 aliphatic carbocycles. The van der Waals surface area contributed by atoms with Crippen molar-refractivity contribution < 1.29 is 14.3 Å². The van der Waals surface area contributed by atoms with E-state index in [9.17, 15) is 14.9 Å². The maximum Gasteiger partial charge on any atom is 0.274 e. The van der Waals surface area contributed by atoms with Gasteiger partial charge >= 0.3 is 0 Å². The molecule has 0 spiro atoms. The fourth-order valence-electron chi connectivity index (χ4n) is 3.96. The summed E-state index contributed by atoms with van der Waals surface area (Å²) in [5.41, 5.74) is 0.731. The van der Waals surface area contributed by atoms with Crippen molar-refractivity contribution in [1.82, 2.24) is 20.1 Å². The van der Waals surface area contributed by atoms with Gasteiger partial charge in [0.25, 0.3) is 11.8 Å². The molecule has 9 nitrogen and oxygen atoms in total. The number of pyridine rings is 1. The van der Waals surface area contributed by atoms with E-state index < -0.39 is 17.2 Å². The van der Waals surface area contributed by atoms with Gasteiger partial charge in [-0.2, -0.15) is 10.4 Å². The number of aromatic nitrogens is 3. The summed E-state index contributed by atoms with van der Waals surface area (Å²) in [4.78, 5) is 30.0. The second-order valence-electron chi connectivity index (χ2n) is 8.88. The number of hydrogen-bond donors (Lipinski definition) is 2. The normalized spacial score (nSPS) is 17.1. The van der Waals surface area contributed by atoms with Crippen LogP contribution in [0.4, 0.5) is 5.69 Å². The summed E-state index contributed by atoms with van der Waals surface area (Å²) in [6.45, 7) is 2.54. The fourth-order valence-corrected chi connectivity index (χ4v) is 3.96. The van der Waals surface area contributed by atoms with E-state index in [1.165, 1.54) is 6.20 Å². The lowest BCUT2D eigenvalue weighted by molar-refractivity contribution is -0.0395. The van der Waals surface area contributed by atoms with Crippen LogP contribution in [0.25, 0.3) is 0 Å². The zero-order valence-electron chi connectivity index (χ0n) is 19.6. The second kappa shape index (κ2) is 10.9. The van der Waals surface area contributed by atoms with Crippen molar-refractivity contribution in [2.24, 2.45) is 5.41 Å². The maximum atomic E-state index is 13.2. The Morgan fingerprint density at radius 3 is 2.66 bits per heavy atom. The number of benzene rings is 1. The predicted molar refractivity (Wildman–Crippen MR) is 129 cm³/mol. The summed E-state index contributed by atoms with van der Waals surface area (Å²) in [6.07, 6.45) is 6.04. The van der Waals surface area contributed by atoms with E-state index >= 15 is 0 Å². The molecule has 3 aromatic rings. The quantitative estimate of drug-likeness (QED) is 0.515. The molecule has 1 aliphatic heterocycles. The van der Waals surface area contributed by atoms with Crippen LogP contribution in [-0.4, -0.2) is 39.7 Å². The number of amides is 2. The Kier molecular flexibility index (Phi) is 7.53. The Hall–Kier alpha value is -4.03. The number of nitrogens with zero attached hydrogens (tertiary/aromatic N) is 4. The minimum Gasteiger partial charge on any atom is -0.357 e. The molecule has 2 aromatic heterocycles. The summed E-state index contributed by atoms with van der Waals surface area (Å²) in [5, 5.41) is 19.8. The summed E-state index contributed by atoms with van der Waals surface area (Å²) < 4.78 is 7.38. The molecule has 2 amide bonds. The average molecular weight is 473 g/mol. The van der Waals surface area contributed by atoms with Crippen LogP contribution in [-0.2, 0) is 11.2 Å². The Bertz CT molecular complexity index is 1200. The molecule has 1 fully saturated rings. The van der Waals surface area contributed by atoms with Crippen LogP contribution >= 0.6 is 0 Å². The number of anilines is 1. The van der Waals surface area contributed by atoms with E-state index in [0.717, 1.165) is 24.8 Å². The highest BCUT2D eigenvalue weighted by molar-refractivity contribution is 6.07. The molecule has 1 aromatic carbocycles. The van der Waals surface area contributed by atoms with E-state index in [-0.39, 0.29) is 29.8 Å².